The lowest BCUT2D eigenvalue weighted by atomic mass is 9.90. The van der Waals surface area contributed by atoms with Crippen LogP contribution >= 0.6 is 0 Å². The van der Waals surface area contributed by atoms with Crippen LogP contribution in [0.4, 0.5) is 17.1 Å². The van der Waals surface area contributed by atoms with Crippen molar-refractivity contribution in [2.75, 3.05) is 15.8 Å². The molecule has 3 aromatic rings. The van der Waals surface area contributed by atoms with Crippen LogP contribution in [0.2, 0.25) is 0 Å². The van der Waals surface area contributed by atoms with Crippen LogP contribution in [0.1, 0.15) is 24.0 Å². The molecule has 1 aliphatic rings. The van der Waals surface area contributed by atoms with E-state index in [1.807, 2.05) is 60.7 Å². The SMILES string of the molecule is CCS(=O)(=O)Nc1ccc2c(c1)C(C(=Nc1ccccc1)c1ccccc1)C(=O)N2. The Hall–Kier alpha value is -3.45. The summed E-state index contributed by atoms with van der Waals surface area (Å²) in [4.78, 5) is 17.8. The Morgan fingerprint density at radius 1 is 1.00 bits per heavy atom. The zero-order valence-electron chi connectivity index (χ0n) is 16.4. The molecule has 0 spiro atoms. The summed E-state index contributed by atoms with van der Waals surface area (Å²) in [6, 6.07) is 24.0. The van der Waals surface area contributed by atoms with Gasteiger partial charge in [-0.2, -0.15) is 0 Å². The molecular weight excluding hydrogens is 398 g/mol. The molecule has 30 heavy (non-hydrogen) atoms. The molecule has 0 aromatic heterocycles. The van der Waals surface area contributed by atoms with Gasteiger partial charge in [-0.15, -0.1) is 0 Å². The van der Waals surface area contributed by atoms with Gasteiger partial charge in [0.25, 0.3) is 0 Å². The van der Waals surface area contributed by atoms with Crippen molar-refractivity contribution < 1.29 is 13.2 Å². The van der Waals surface area contributed by atoms with E-state index in [0.717, 1.165) is 11.3 Å². The fraction of sp³-hybridized carbons (Fsp3) is 0.130. The number of fused-ring (bicyclic) bond motifs is 1. The van der Waals surface area contributed by atoms with Gasteiger partial charge in [0.2, 0.25) is 15.9 Å². The number of sulfonamides is 1. The van der Waals surface area contributed by atoms with Crippen LogP contribution in [-0.2, 0) is 14.8 Å². The number of rotatable bonds is 6. The summed E-state index contributed by atoms with van der Waals surface area (Å²) in [5, 5.41) is 2.89. The van der Waals surface area contributed by atoms with Gasteiger partial charge in [-0.1, -0.05) is 48.5 Å². The minimum absolute atomic E-state index is 0.0323. The van der Waals surface area contributed by atoms with E-state index in [9.17, 15) is 13.2 Å². The van der Waals surface area contributed by atoms with Crippen molar-refractivity contribution in [3.63, 3.8) is 0 Å². The first-order chi connectivity index (χ1) is 14.5. The number of carbonyl (C=O) groups excluding carboxylic acids is 1. The van der Waals surface area contributed by atoms with Crippen molar-refractivity contribution in [3.05, 3.63) is 90.0 Å². The highest BCUT2D eigenvalue weighted by molar-refractivity contribution is 7.92. The number of carbonyl (C=O) groups is 1. The van der Waals surface area contributed by atoms with Crippen LogP contribution in [0.3, 0.4) is 0 Å². The number of anilines is 2. The average Bonchev–Trinajstić information content (AvgIpc) is 3.08. The largest absolute Gasteiger partial charge is 0.325 e. The first-order valence-electron chi connectivity index (χ1n) is 9.61. The Morgan fingerprint density at radius 3 is 2.33 bits per heavy atom. The van der Waals surface area contributed by atoms with Crippen molar-refractivity contribution in [2.45, 2.75) is 12.8 Å². The van der Waals surface area contributed by atoms with E-state index in [2.05, 4.69) is 10.0 Å². The number of hydrogen-bond acceptors (Lipinski definition) is 4. The number of nitrogens with one attached hydrogen (secondary N) is 2. The zero-order chi connectivity index (χ0) is 21.1. The Balaban J connectivity index is 1.83. The lowest BCUT2D eigenvalue weighted by Crippen LogP contribution is -2.22. The molecule has 0 aliphatic carbocycles. The van der Waals surface area contributed by atoms with Crippen molar-refractivity contribution in [1.82, 2.24) is 0 Å². The molecular formula is C23H21N3O3S. The van der Waals surface area contributed by atoms with Gasteiger partial charge in [-0.3, -0.25) is 14.5 Å². The predicted molar refractivity (Wildman–Crippen MR) is 120 cm³/mol. The first-order valence-corrected chi connectivity index (χ1v) is 11.3. The minimum atomic E-state index is -3.43. The summed E-state index contributed by atoms with van der Waals surface area (Å²) in [5.74, 6) is -0.886. The third-order valence-corrected chi connectivity index (χ3v) is 6.19. The molecule has 0 saturated heterocycles. The maximum Gasteiger partial charge on any atom is 0.238 e. The standard InChI is InChI=1S/C23H21N3O3S/c1-2-30(28,29)26-18-13-14-20-19(15-18)21(23(27)25-20)22(16-9-5-3-6-10-16)24-17-11-7-4-8-12-17/h3-15,21,26H,2H2,1H3,(H,25,27). The normalized spacial score (nSPS) is 16.1. The monoisotopic (exact) mass is 419 g/mol. The van der Waals surface area contributed by atoms with E-state index >= 15 is 0 Å². The quantitative estimate of drug-likeness (QED) is 0.584. The molecule has 1 heterocycles. The number of hydrogen-bond donors (Lipinski definition) is 2. The maximum atomic E-state index is 13.0. The Bertz CT molecular complexity index is 1210. The zero-order valence-corrected chi connectivity index (χ0v) is 17.2. The van der Waals surface area contributed by atoms with Gasteiger partial charge in [0.1, 0.15) is 5.92 Å². The fourth-order valence-electron chi connectivity index (χ4n) is 3.39. The van der Waals surface area contributed by atoms with E-state index in [4.69, 9.17) is 4.99 Å². The lowest BCUT2D eigenvalue weighted by molar-refractivity contribution is -0.115. The molecule has 0 fully saturated rings. The second-order valence-corrected chi connectivity index (χ2v) is 8.94. The van der Waals surface area contributed by atoms with E-state index < -0.39 is 15.9 Å². The summed E-state index contributed by atoms with van der Waals surface area (Å²) in [7, 11) is -3.43. The van der Waals surface area contributed by atoms with Crippen LogP contribution in [0.5, 0.6) is 0 Å². The third kappa shape index (κ3) is 4.11. The van der Waals surface area contributed by atoms with Gasteiger partial charge in [0, 0.05) is 11.4 Å². The highest BCUT2D eigenvalue weighted by Gasteiger charge is 2.35. The Labute approximate surface area is 175 Å². The Morgan fingerprint density at radius 2 is 1.67 bits per heavy atom. The molecule has 1 unspecified atom stereocenters. The Kier molecular flexibility index (Phi) is 5.37. The van der Waals surface area contributed by atoms with E-state index in [-0.39, 0.29) is 11.7 Å². The van der Waals surface area contributed by atoms with Crippen molar-refractivity contribution >= 4 is 38.7 Å². The molecule has 1 atom stereocenters. The highest BCUT2D eigenvalue weighted by Crippen LogP contribution is 2.38. The third-order valence-electron chi connectivity index (χ3n) is 4.88. The molecule has 152 valence electrons. The highest BCUT2D eigenvalue weighted by atomic mass is 32.2. The van der Waals surface area contributed by atoms with Gasteiger partial charge >= 0.3 is 0 Å². The molecule has 6 nitrogen and oxygen atoms in total. The second kappa shape index (κ2) is 8.12. The van der Waals surface area contributed by atoms with Crippen LogP contribution in [0.25, 0.3) is 0 Å². The van der Waals surface area contributed by atoms with Gasteiger partial charge in [-0.05, 0) is 48.4 Å². The summed E-state index contributed by atoms with van der Waals surface area (Å²) in [6.07, 6.45) is 0. The number of para-hydroxylation sites is 1. The van der Waals surface area contributed by atoms with E-state index in [0.29, 0.717) is 22.6 Å². The molecule has 0 radical (unpaired) electrons. The van der Waals surface area contributed by atoms with E-state index in [1.54, 1.807) is 25.1 Å². The van der Waals surface area contributed by atoms with Crippen molar-refractivity contribution in [1.29, 1.82) is 0 Å². The number of nitrogens with zero attached hydrogens (tertiary/aromatic N) is 1. The lowest BCUT2D eigenvalue weighted by Gasteiger charge is -2.15. The van der Waals surface area contributed by atoms with Gasteiger partial charge in [0.15, 0.2) is 0 Å². The smallest absolute Gasteiger partial charge is 0.238 e. The van der Waals surface area contributed by atoms with Crippen molar-refractivity contribution in [3.8, 4) is 0 Å². The molecule has 3 aromatic carbocycles. The van der Waals surface area contributed by atoms with E-state index in [1.165, 1.54) is 0 Å². The summed E-state index contributed by atoms with van der Waals surface area (Å²) in [6.45, 7) is 1.57. The molecule has 4 rings (SSSR count). The predicted octanol–water partition coefficient (Wildman–Crippen LogP) is 4.30. The van der Waals surface area contributed by atoms with Crippen LogP contribution < -0.4 is 10.0 Å². The number of benzene rings is 3. The molecule has 0 saturated carbocycles. The minimum Gasteiger partial charge on any atom is -0.325 e. The number of amides is 1. The summed E-state index contributed by atoms with van der Waals surface area (Å²) in [5.41, 5.74) is 3.93. The molecule has 1 aliphatic heterocycles. The number of aliphatic imine (C=N–C) groups is 1. The van der Waals surface area contributed by atoms with Gasteiger partial charge in [0.05, 0.1) is 17.2 Å². The van der Waals surface area contributed by atoms with Crippen LogP contribution in [0, 0.1) is 0 Å². The molecule has 2 N–H and O–H groups in total. The second-order valence-electron chi connectivity index (χ2n) is 6.93. The molecule has 0 bridgehead atoms. The molecule has 1 amide bonds. The van der Waals surface area contributed by atoms with Crippen molar-refractivity contribution in [2.24, 2.45) is 4.99 Å². The summed E-state index contributed by atoms with van der Waals surface area (Å²) < 4.78 is 26.5. The van der Waals surface area contributed by atoms with Crippen LogP contribution in [0.15, 0.2) is 83.9 Å². The average molecular weight is 420 g/mol. The maximum absolute atomic E-state index is 13.0. The van der Waals surface area contributed by atoms with Gasteiger partial charge < -0.3 is 5.32 Å². The first kappa shape index (κ1) is 19.8. The van der Waals surface area contributed by atoms with Gasteiger partial charge in [-0.25, -0.2) is 8.42 Å². The summed E-state index contributed by atoms with van der Waals surface area (Å²) >= 11 is 0. The van der Waals surface area contributed by atoms with Crippen LogP contribution in [-0.4, -0.2) is 25.8 Å². The molecule has 7 heteroatoms. The fourth-order valence-corrected chi connectivity index (χ4v) is 4.02. The topological polar surface area (TPSA) is 87.6 Å².